The van der Waals surface area contributed by atoms with Gasteiger partial charge in [-0.05, 0) is 31.9 Å². The van der Waals surface area contributed by atoms with Gasteiger partial charge in [0.1, 0.15) is 5.75 Å². The third-order valence-electron chi connectivity index (χ3n) is 3.44. The van der Waals surface area contributed by atoms with Crippen molar-refractivity contribution in [1.29, 1.82) is 0 Å². The molecule has 0 fully saturated rings. The Balaban J connectivity index is 0.00000361. The number of benzene rings is 1. The molecule has 1 aromatic carbocycles. The molecule has 20 heavy (non-hydrogen) atoms. The van der Waals surface area contributed by atoms with Crippen LogP contribution in [0.25, 0.3) is 0 Å². The average Bonchev–Trinajstić information content (AvgIpc) is 2.44. The number of amides is 1. The van der Waals surface area contributed by atoms with Crippen molar-refractivity contribution in [3.05, 3.63) is 29.8 Å². The van der Waals surface area contributed by atoms with Gasteiger partial charge in [0.2, 0.25) is 0 Å². The number of nitrogens with two attached hydrogens (primary N) is 1. The highest BCUT2D eigenvalue weighted by Crippen LogP contribution is 2.11. The van der Waals surface area contributed by atoms with Gasteiger partial charge in [-0.2, -0.15) is 0 Å². The summed E-state index contributed by atoms with van der Waals surface area (Å²) in [5.41, 5.74) is 6.96. The van der Waals surface area contributed by atoms with Crippen molar-refractivity contribution in [2.45, 2.75) is 39.2 Å². The van der Waals surface area contributed by atoms with Gasteiger partial charge in [-0.1, -0.05) is 31.5 Å². The molecule has 0 bridgehead atoms. The molecule has 5 heteroatoms. The molecule has 0 aromatic heterocycles. The highest BCUT2D eigenvalue weighted by Gasteiger charge is 2.20. The molecule has 0 radical (unpaired) electrons. The van der Waals surface area contributed by atoms with Crippen LogP contribution in [0.5, 0.6) is 5.75 Å². The molecule has 3 N–H and O–H groups in total. The van der Waals surface area contributed by atoms with Crippen molar-refractivity contribution < 1.29 is 9.53 Å². The van der Waals surface area contributed by atoms with Crippen molar-refractivity contribution >= 4 is 18.3 Å². The first kappa shape index (κ1) is 18.7. The number of carbonyl (C=O) groups excluding carboxylic acids is 1. The van der Waals surface area contributed by atoms with E-state index in [2.05, 4.69) is 5.32 Å². The molecule has 1 aromatic rings. The van der Waals surface area contributed by atoms with Gasteiger partial charge in [0.15, 0.2) is 6.61 Å². The van der Waals surface area contributed by atoms with Crippen LogP contribution in [0.15, 0.2) is 24.3 Å². The summed E-state index contributed by atoms with van der Waals surface area (Å²) in [6.45, 7) is 6.56. The molecule has 0 spiro atoms. The van der Waals surface area contributed by atoms with E-state index in [4.69, 9.17) is 10.5 Å². The SMILES string of the molecule is CCC(N)(CC)CNC(=O)COc1ccc(C)cc1.Cl. The van der Waals surface area contributed by atoms with Gasteiger partial charge < -0.3 is 15.8 Å². The molecular formula is C15H25ClN2O2. The molecule has 114 valence electrons. The fraction of sp³-hybridized carbons (Fsp3) is 0.533. The summed E-state index contributed by atoms with van der Waals surface area (Å²) >= 11 is 0. The lowest BCUT2D eigenvalue weighted by Crippen LogP contribution is -2.50. The van der Waals surface area contributed by atoms with E-state index in [1.165, 1.54) is 0 Å². The van der Waals surface area contributed by atoms with E-state index in [0.29, 0.717) is 12.3 Å². The number of halogens is 1. The number of ether oxygens (including phenoxy) is 1. The minimum atomic E-state index is -0.320. The molecule has 1 amide bonds. The molecular weight excluding hydrogens is 276 g/mol. The summed E-state index contributed by atoms with van der Waals surface area (Å²) in [7, 11) is 0. The molecule has 0 unspecified atom stereocenters. The summed E-state index contributed by atoms with van der Waals surface area (Å²) in [4.78, 5) is 11.7. The minimum absolute atomic E-state index is 0. The normalized spacial score (nSPS) is 10.6. The third-order valence-corrected chi connectivity index (χ3v) is 3.44. The lowest BCUT2D eigenvalue weighted by Gasteiger charge is -2.26. The molecule has 1 rings (SSSR count). The lowest BCUT2D eigenvalue weighted by molar-refractivity contribution is -0.123. The van der Waals surface area contributed by atoms with Crippen LogP contribution in [-0.4, -0.2) is 24.6 Å². The summed E-state index contributed by atoms with van der Waals surface area (Å²) in [5, 5.41) is 2.82. The molecule has 4 nitrogen and oxygen atoms in total. The smallest absolute Gasteiger partial charge is 0.258 e. The third kappa shape index (κ3) is 6.26. The zero-order valence-electron chi connectivity index (χ0n) is 12.4. The first-order chi connectivity index (χ1) is 8.99. The number of aryl methyl sites for hydroxylation is 1. The lowest BCUT2D eigenvalue weighted by atomic mass is 9.94. The predicted molar refractivity (Wildman–Crippen MR) is 84.4 cm³/mol. The fourth-order valence-electron chi connectivity index (χ4n) is 1.61. The Bertz CT molecular complexity index is 403. The van der Waals surface area contributed by atoms with Crippen LogP contribution in [0.3, 0.4) is 0 Å². The Hall–Kier alpha value is -1.26. The molecule has 0 saturated heterocycles. The van der Waals surface area contributed by atoms with Crippen LogP contribution >= 0.6 is 12.4 Å². The molecule has 0 aliphatic carbocycles. The zero-order valence-corrected chi connectivity index (χ0v) is 13.3. The van der Waals surface area contributed by atoms with Gasteiger partial charge in [0, 0.05) is 12.1 Å². The Morgan fingerprint density at radius 3 is 2.30 bits per heavy atom. The first-order valence-electron chi connectivity index (χ1n) is 6.74. The summed E-state index contributed by atoms with van der Waals surface area (Å²) < 4.78 is 5.40. The Morgan fingerprint density at radius 1 is 1.25 bits per heavy atom. The van der Waals surface area contributed by atoms with E-state index < -0.39 is 0 Å². The van der Waals surface area contributed by atoms with Gasteiger partial charge in [-0.3, -0.25) is 4.79 Å². The van der Waals surface area contributed by atoms with Crippen LogP contribution in [0.4, 0.5) is 0 Å². The van der Waals surface area contributed by atoms with Crippen molar-refractivity contribution in [1.82, 2.24) is 5.32 Å². The minimum Gasteiger partial charge on any atom is -0.484 e. The van der Waals surface area contributed by atoms with Gasteiger partial charge in [0.05, 0.1) is 0 Å². The number of rotatable bonds is 7. The maximum absolute atomic E-state index is 11.7. The fourth-order valence-corrected chi connectivity index (χ4v) is 1.61. The Kier molecular flexibility index (Phi) is 8.26. The van der Waals surface area contributed by atoms with E-state index in [9.17, 15) is 4.79 Å². The van der Waals surface area contributed by atoms with E-state index in [1.54, 1.807) is 0 Å². The largest absolute Gasteiger partial charge is 0.484 e. The second kappa shape index (κ2) is 8.82. The summed E-state index contributed by atoms with van der Waals surface area (Å²) in [6.07, 6.45) is 1.67. The highest BCUT2D eigenvalue weighted by molar-refractivity contribution is 5.85. The maximum Gasteiger partial charge on any atom is 0.258 e. The molecule has 0 saturated carbocycles. The van der Waals surface area contributed by atoms with E-state index in [-0.39, 0.29) is 30.5 Å². The molecule has 0 aliphatic rings. The number of hydrogen-bond donors (Lipinski definition) is 2. The van der Waals surface area contributed by atoms with Crippen LogP contribution < -0.4 is 15.8 Å². The summed E-state index contributed by atoms with van der Waals surface area (Å²) in [6, 6.07) is 7.61. The Labute approximate surface area is 127 Å². The van der Waals surface area contributed by atoms with Gasteiger partial charge >= 0.3 is 0 Å². The maximum atomic E-state index is 11.7. The van der Waals surface area contributed by atoms with Crippen molar-refractivity contribution in [2.24, 2.45) is 5.73 Å². The van der Waals surface area contributed by atoms with E-state index in [1.807, 2.05) is 45.0 Å². The first-order valence-corrected chi connectivity index (χ1v) is 6.74. The predicted octanol–water partition coefficient (Wildman–Crippen LogP) is 2.43. The number of hydrogen-bond acceptors (Lipinski definition) is 3. The van der Waals surface area contributed by atoms with Gasteiger partial charge in [-0.15, -0.1) is 12.4 Å². The van der Waals surface area contributed by atoms with Gasteiger partial charge in [0.25, 0.3) is 5.91 Å². The monoisotopic (exact) mass is 300 g/mol. The van der Waals surface area contributed by atoms with Crippen molar-refractivity contribution in [3.8, 4) is 5.75 Å². The molecule has 0 heterocycles. The number of nitrogens with one attached hydrogen (secondary N) is 1. The van der Waals surface area contributed by atoms with Crippen LogP contribution in [0, 0.1) is 6.92 Å². The highest BCUT2D eigenvalue weighted by atomic mass is 35.5. The van der Waals surface area contributed by atoms with E-state index >= 15 is 0 Å². The van der Waals surface area contributed by atoms with Crippen LogP contribution in [0.2, 0.25) is 0 Å². The standard InChI is InChI=1S/C15H24N2O2.ClH/c1-4-15(16,5-2)11-17-14(18)10-19-13-8-6-12(3)7-9-13;/h6-9H,4-5,10-11,16H2,1-3H3,(H,17,18);1H. The quantitative estimate of drug-likeness (QED) is 0.813. The van der Waals surface area contributed by atoms with Crippen molar-refractivity contribution in [3.63, 3.8) is 0 Å². The van der Waals surface area contributed by atoms with Crippen LogP contribution in [-0.2, 0) is 4.79 Å². The Morgan fingerprint density at radius 2 is 1.80 bits per heavy atom. The second-order valence-corrected chi connectivity index (χ2v) is 4.95. The molecule has 0 aliphatic heterocycles. The molecule has 0 atom stereocenters. The van der Waals surface area contributed by atoms with Gasteiger partial charge in [-0.25, -0.2) is 0 Å². The zero-order chi connectivity index (χ0) is 14.3. The average molecular weight is 301 g/mol. The summed E-state index contributed by atoms with van der Waals surface area (Å²) in [5.74, 6) is 0.558. The topological polar surface area (TPSA) is 64.3 Å². The second-order valence-electron chi connectivity index (χ2n) is 4.95. The van der Waals surface area contributed by atoms with Crippen LogP contribution in [0.1, 0.15) is 32.3 Å². The van der Waals surface area contributed by atoms with E-state index in [0.717, 1.165) is 18.4 Å². The number of carbonyl (C=O) groups is 1. The van der Waals surface area contributed by atoms with Crippen molar-refractivity contribution in [2.75, 3.05) is 13.2 Å².